The molecule has 19 heavy (non-hydrogen) atoms. The van der Waals surface area contributed by atoms with Gasteiger partial charge in [0.15, 0.2) is 0 Å². The lowest BCUT2D eigenvalue weighted by atomic mass is 9.91. The van der Waals surface area contributed by atoms with E-state index in [1.54, 1.807) is 0 Å². The van der Waals surface area contributed by atoms with Gasteiger partial charge >= 0.3 is 0 Å². The Morgan fingerprint density at radius 2 is 1.74 bits per heavy atom. The topological polar surface area (TPSA) is 29.3 Å². The quantitative estimate of drug-likeness (QED) is 0.901. The molecule has 0 radical (unpaired) electrons. The molecule has 0 aliphatic carbocycles. The van der Waals surface area contributed by atoms with Crippen LogP contribution in [0.1, 0.15) is 50.7 Å². The lowest BCUT2D eigenvalue weighted by Crippen LogP contribution is -2.48. The first-order chi connectivity index (χ1) is 8.96. The van der Waals surface area contributed by atoms with Gasteiger partial charge in [-0.05, 0) is 56.3 Å². The van der Waals surface area contributed by atoms with Crippen LogP contribution in [0.5, 0.6) is 0 Å². The Kier molecular flexibility index (Phi) is 4.64. The van der Waals surface area contributed by atoms with Gasteiger partial charge in [-0.1, -0.05) is 38.1 Å². The molecule has 0 amide bonds. The molecule has 0 bridgehead atoms. The zero-order valence-electron chi connectivity index (χ0n) is 12.7. The molecule has 2 N–H and O–H groups in total. The molecule has 0 atom stereocenters. The van der Waals surface area contributed by atoms with Gasteiger partial charge in [-0.25, -0.2) is 0 Å². The Labute approximate surface area is 118 Å². The summed E-state index contributed by atoms with van der Waals surface area (Å²) in [6, 6.07) is 9.11. The highest BCUT2D eigenvalue weighted by atomic mass is 15.1. The van der Waals surface area contributed by atoms with Crippen LogP contribution >= 0.6 is 0 Å². The fourth-order valence-electron chi connectivity index (χ4n) is 2.64. The maximum atomic E-state index is 6.17. The zero-order valence-corrected chi connectivity index (χ0v) is 12.7. The molecule has 1 aliphatic rings. The SMILES string of the molecule is CC(C)c1ccc(CCN2CCC(C)(N)CC2)cc1. The van der Waals surface area contributed by atoms with Crippen LogP contribution in [0, 0.1) is 0 Å². The number of hydrogen-bond donors (Lipinski definition) is 1. The summed E-state index contributed by atoms with van der Waals surface area (Å²) in [5.41, 5.74) is 9.11. The first-order valence-electron chi connectivity index (χ1n) is 7.56. The van der Waals surface area contributed by atoms with Crippen LogP contribution in [0.15, 0.2) is 24.3 Å². The van der Waals surface area contributed by atoms with E-state index >= 15 is 0 Å². The van der Waals surface area contributed by atoms with Crippen molar-refractivity contribution >= 4 is 0 Å². The van der Waals surface area contributed by atoms with Crippen molar-refractivity contribution in [2.75, 3.05) is 19.6 Å². The maximum absolute atomic E-state index is 6.17. The first-order valence-corrected chi connectivity index (χ1v) is 7.56. The van der Waals surface area contributed by atoms with E-state index in [9.17, 15) is 0 Å². The molecule has 1 aromatic rings. The summed E-state index contributed by atoms with van der Waals surface area (Å²) < 4.78 is 0. The highest BCUT2D eigenvalue weighted by Crippen LogP contribution is 2.19. The van der Waals surface area contributed by atoms with E-state index in [-0.39, 0.29) is 5.54 Å². The van der Waals surface area contributed by atoms with Crippen molar-refractivity contribution in [3.8, 4) is 0 Å². The molecule has 1 aromatic carbocycles. The van der Waals surface area contributed by atoms with E-state index in [1.807, 2.05) is 0 Å². The minimum Gasteiger partial charge on any atom is -0.325 e. The van der Waals surface area contributed by atoms with E-state index in [1.165, 1.54) is 11.1 Å². The smallest absolute Gasteiger partial charge is 0.0150 e. The molecule has 1 fully saturated rings. The van der Waals surface area contributed by atoms with Crippen LogP contribution < -0.4 is 5.73 Å². The third-order valence-electron chi connectivity index (χ3n) is 4.36. The molecule has 0 aromatic heterocycles. The molecule has 2 heteroatoms. The second kappa shape index (κ2) is 6.06. The van der Waals surface area contributed by atoms with E-state index in [4.69, 9.17) is 5.73 Å². The van der Waals surface area contributed by atoms with Crippen molar-refractivity contribution in [3.05, 3.63) is 35.4 Å². The Bertz CT molecular complexity index is 382. The fraction of sp³-hybridized carbons (Fsp3) is 0.647. The van der Waals surface area contributed by atoms with Gasteiger partial charge in [0.1, 0.15) is 0 Å². The van der Waals surface area contributed by atoms with Crippen LogP contribution in [0.25, 0.3) is 0 Å². The molecule has 1 aliphatic heterocycles. The van der Waals surface area contributed by atoms with Gasteiger partial charge < -0.3 is 10.6 Å². The molecule has 0 spiro atoms. The summed E-state index contributed by atoms with van der Waals surface area (Å²) in [6.45, 7) is 10.1. The number of nitrogens with two attached hydrogens (primary N) is 1. The molecule has 0 saturated carbocycles. The number of nitrogens with zero attached hydrogens (tertiary/aromatic N) is 1. The van der Waals surface area contributed by atoms with Gasteiger partial charge in [0.25, 0.3) is 0 Å². The molecular weight excluding hydrogens is 232 g/mol. The molecule has 106 valence electrons. The van der Waals surface area contributed by atoms with E-state index in [2.05, 4.69) is 49.9 Å². The third kappa shape index (κ3) is 4.32. The van der Waals surface area contributed by atoms with Gasteiger partial charge in [0, 0.05) is 12.1 Å². The Balaban J connectivity index is 1.79. The third-order valence-corrected chi connectivity index (χ3v) is 4.36. The lowest BCUT2D eigenvalue weighted by molar-refractivity contribution is 0.173. The highest BCUT2D eigenvalue weighted by molar-refractivity contribution is 5.24. The van der Waals surface area contributed by atoms with Crippen LogP contribution in [-0.4, -0.2) is 30.1 Å². The van der Waals surface area contributed by atoms with Crippen molar-refractivity contribution in [2.24, 2.45) is 5.73 Å². The average Bonchev–Trinajstić information content (AvgIpc) is 2.38. The summed E-state index contributed by atoms with van der Waals surface area (Å²) in [5, 5.41) is 0. The molecule has 1 saturated heterocycles. The minimum absolute atomic E-state index is 0.0649. The van der Waals surface area contributed by atoms with Crippen molar-refractivity contribution in [3.63, 3.8) is 0 Å². The van der Waals surface area contributed by atoms with Crippen LogP contribution in [0.3, 0.4) is 0 Å². The van der Waals surface area contributed by atoms with Crippen molar-refractivity contribution < 1.29 is 0 Å². The molecule has 0 unspecified atom stereocenters. The second-order valence-corrected chi connectivity index (χ2v) is 6.64. The van der Waals surface area contributed by atoms with Gasteiger partial charge in [0.05, 0.1) is 0 Å². The van der Waals surface area contributed by atoms with E-state index in [0.29, 0.717) is 5.92 Å². The van der Waals surface area contributed by atoms with Gasteiger partial charge in [-0.2, -0.15) is 0 Å². The molecule has 2 nitrogen and oxygen atoms in total. The number of likely N-dealkylation sites (tertiary alicyclic amines) is 1. The van der Waals surface area contributed by atoms with Gasteiger partial charge in [-0.15, -0.1) is 0 Å². The largest absolute Gasteiger partial charge is 0.325 e. The summed E-state index contributed by atoms with van der Waals surface area (Å²) in [5.74, 6) is 0.623. The van der Waals surface area contributed by atoms with E-state index in [0.717, 1.165) is 38.9 Å². The number of rotatable bonds is 4. The zero-order chi connectivity index (χ0) is 13.9. The molecular formula is C17H28N2. The number of benzene rings is 1. The van der Waals surface area contributed by atoms with Crippen LogP contribution in [-0.2, 0) is 6.42 Å². The summed E-state index contributed by atoms with van der Waals surface area (Å²) in [4.78, 5) is 2.55. The lowest BCUT2D eigenvalue weighted by Gasteiger charge is -2.36. The minimum atomic E-state index is 0.0649. The van der Waals surface area contributed by atoms with Crippen LogP contribution in [0.2, 0.25) is 0 Å². The predicted octanol–water partition coefficient (Wildman–Crippen LogP) is 3.17. The Morgan fingerprint density at radius 1 is 1.16 bits per heavy atom. The van der Waals surface area contributed by atoms with Crippen molar-refractivity contribution in [1.29, 1.82) is 0 Å². The highest BCUT2D eigenvalue weighted by Gasteiger charge is 2.25. The monoisotopic (exact) mass is 260 g/mol. The van der Waals surface area contributed by atoms with Gasteiger partial charge in [-0.3, -0.25) is 0 Å². The fourth-order valence-corrected chi connectivity index (χ4v) is 2.64. The van der Waals surface area contributed by atoms with Gasteiger partial charge in [0.2, 0.25) is 0 Å². The van der Waals surface area contributed by atoms with Crippen LogP contribution in [0.4, 0.5) is 0 Å². The Morgan fingerprint density at radius 3 is 2.26 bits per heavy atom. The summed E-state index contributed by atoms with van der Waals surface area (Å²) >= 11 is 0. The van der Waals surface area contributed by atoms with Crippen molar-refractivity contribution in [1.82, 2.24) is 4.90 Å². The summed E-state index contributed by atoms with van der Waals surface area (Å²) in [6.07, 6.45) is 3.40. The van der Waals surface area contributed by atoms with E-state index < -0.39 is 0 Å². The number of piperidine rings is 1. The predicted molar refractivity (Wildman–Crippen MR) is 82.5 cm³/mol. The Hall–Kier alpha value is -0.860. The average molecular weight is 260 g/mol. The van der Waals surface area contributed by atoms with Crippen molar-refractivity contribution in [2.45, 2.75) is 51.5 Å². The maximum Gasteiger partial charge on any atom is 0.0150 e. The first kappa shape index (κ1) is 14.5. The second-order valence-electron chi connectivity index (χ2n) is 6.64. The molecule has 2 rings (SSSR count). The standard InChI is InChI=1S/C17H28N2/c1-14(2)16-6-4-15(5-7-16)8-11-19-12-9-17(3,18)10-13-19/h4-7,14H,8-13,18H2,1-3H3. The molecule has 1 heterocycles. The number of hydrogen-bond acceptors (Lipinski definition) is 2. The normalized spacial score (nSPS) is 19.8. The summed E-state index contributed by atoms with van der Waals surface area (Å²) in [7, 11) is 0.